The number of rotatable bonds is 4. The molecule has 4 heteroatoms. The predicted octanol–water partition coefficient (Wildman–Crippen LogP) is 1.76. The zero-order chi connectivity index (χ0) is 13.8. The van der Waals surface area contributed by atoms with Gasteiger partial charge >= 0.3 is 5.97 Å². The first-order chi connectivity index (χ1) is 9.11. The minimum Gasteiger partial charge on any atom is -0.480 e. The molecule has 0 bridgehead atoms. The molecule has 0 aromatic heterocycles. The molecule has 1 N–H and O–H groups in total. The van der Waals surface area contributed by atoms with E-state index < -0.39 is 12.0 Å². The summed E-state index contributed by atoms with van der Waals surface area (Å²) in [6.07, 6.45) is 1.50. The summed E-state index contributed by atoms with van der Waals surface area (Å²) >= 11 is 0. The van der Waals surface area contributed by atoms with E-state index in [1.54, 1.807) is 0 Å². The third-order valence-electron chi connectivity index (χ3n) is 3.55. The topological polar surface area (TPSA) is 43.8 Å². The number of anilines is 1. The molecule has 0 radical (unpaired) electrons. The first-order valence-corrected chi connectivity index (χ1v) is 6.53. The van der Waals surface area contributed by atoms with Gasteiger partial charge in [0.05, 0.1) is 0 Å². The minimum atomic E-state index is -0.820. The summed E-state index contributed by atoms with van der Waals surface area (Å²) in [5.74, 6) is -0.820. The fraction of sp³-hybridized carbons (Fsp3) is 0.400. The van der Waals surface area contributed by atoms with Gasteiger partial charge in [-0.25, -0.2) is 0 Å². The van der Waals surface area contributed by atoms with Crippen LogP contribution in [0.2, 0.25) is 0 Å². The van der Waals surface area contributed by atoms with Gasteiger partial charge in [-0.15, -0.1) is 6.58 Å². The van der Waals surface area contributed by atoms with Crippen molar-refractivity contribution < 1.29 is 9.90 Å². The molecule has 1 aliphatic heterocycles. The molecule has 1 aliphatic rings. The lowest BCUT2D eigenvalue weighted by Crippen LogP contribution is -2.52. The second-order valence-corrected chi connectivity index (χ2v) is 4.88. The summed E-state index contributed by atoms with van der Waals surface area (Å²) in [5, 5.41) is 9.12. The van der Waals surface area contributed by atoms with Crippen LogP contribution >= 0.6 is 0 Å². The van der Waals surface area contributed by atoms with Gasteiger partial charge in [-0.3, -0.25) is 9.69 Å². The molecule has 1 aromatic rings. The van der Waals surface area contributed by atoms with Gasteiger partial charge in [0.25, 0.3) is 0 Å². The Morgan fingerprint density at radius 1 is 1.37 bits per heavy atom. The quantitative estimate of drug-likeness (QED) is 0.838. The molecule has 0 amide bonds. The lowest BCUT2D eigenvalue weighted by atomic mass is 10.1. The van der Waals surface area contributed by atoms with E-state index in [0.29, 0.717) is 0 Å². The number of carbonyl (C=O) groups is 1. The lowest BCUT2D eigenvalue weighted by Gasteiger charge is -2.38. The Labute approximate surface area is 113 Å². The zero-order valence-corrected chi connectivity index (χ0v) is 11.2. The second kappa shape index (κ2) is 5.89. The van der Waals surface area contributed by atoms with Crippen LogP contribution in [0.3, 0.4) is 0 Å². The van der Waals surface area contributed by atoms with Gasteiger partial charge in [0.15, 0.2) is 0 Å². The Kier molecular flexibility index (Phi) is 4.22. The van der Waals surface area contributed by atoms with Crippen molar-refractivity contribution in [3.8, 4) is 0 Å². The van der Waals surface area contributed by atoms with Crippen LogP contribution in [0.15, 0.2) is 36.9 Å². The number of hydrogen-bond donors (Lipinski definition) is 1. The minimum absolute atomic E-state index is 0.570. The van der Waals surface area contributed by atoms with Gasteiger partial charge < -0.3 is 10.0 Å². The first kappa shape index (κ1) is 13.6. The fourth-order valence-electron chi connectivity index (χ4n) is 2.49. The predicted molar refractivity (Wildman–Crippen MR) is 76.6 cm³/mol. The Morgan fingerprint density at radius 3 is 2.58 bits per heavy atom. The Bertz CT molecular complexity index is 465. The Morgan fingerprint density at radius 2 is 2.05 bits per heavy atom. The van der Waals surface area contributed by atoms with E-state index in [9.17, 15) is 4.79 Å². The molecular weight excluding hydrogens is 240 g/mol. The van der Waals surface area contributed by atoms with Crippen molar-refractivity contribution in [1.82, 2.24) is 4.90 Å². The van der Waals surface area contributed by atoms with Gasteiger partial charge in [0.2, 0.25) is 0 Å². The summed E-state index contributed by atoms with van der Waals surface area (Å²) in [4.78, 5) is 15.4. The highest BCUT2D eigenvalue weighted by molar-refractivity contribution is 5.75. The van der Waals surface area contributed by atoms with Crippen molar-refractivity contribution in [2.75, 3.05) is 31.1 Å². The van der Waals surface area contributed by atoms with E-state index in [1.165, 1.54) is 17.3 Å². The highest BCUT2D eigenvalue weighted by atomic mass is 16.4. The molecule has 0 aliphatic carbocycles. The number of aliphatic carboxylic acids is 1. The van der Waals surface area contributed by atoms with E-state index in [2.05, 4.69) is 42.7 Å². The zero-order valence-electron chi connectivity index (χ0n) is 11.2. The standard InChI is InChI=1S/C15H20N2O2/c1-3-14(15(18)19)17-9-7-16(8-10-17)13-6-4-5-12(2)11-13/h3-6,11,14H,1,7-10H2,2H3,(H,18,19). The molecule has 4 nitrogen and oxygen atoms in total. The van der Waals surface area contributed by atoms with Crippen LogP contribution in [0.1, 0.15) is 5.56 Å². The lowest BCUT2D eigenvalue weighted by molar-refractivity contribution is -0.141. The molecule has 0 spiro atoms. The van der Waals surface area contributed by atoms with E-state index in [-0.39, 0.29) is 0 Å². The average Bonchev–Trinajstić information content (AvgIpc) is 2.40. The van der Waals surface area contributed by atoms with Gasteiger partial charge in [0, 0.05) is 31.9 Å². The SMILES string of the molecule is C=CC(C(=O)O)N1CCN(c2cccc(C)c2)CC1. The van der Waals surface area contributed by atoms with E-state index in [4.69, 9.17) is 5.11 Å². The third kappa shape index (κ3) is 3.15. The summed E-state index contributed by atoms with van der Waals surface area (Å²) in [6, 6.07) is 7.83. The molecule has 102 valence electrons. The van der Waals surface area contributed by atoms with Gasteiger partial charge in [0.1, 0.15) is 6.04 Å². The molecule has 19 heavy (non-hydrogen) atoms. The van der Waals surface area contributed by atoms with Crippen molar-refractivity contribution in [3.63, 3.8) is 0 Å². The number of carboxylic acid groups (broad SMARTS) is 1. The number of aryl methyl sites for hydroxylation is 1. The highest BCUT2D eigenvalue weighted by Crippen LogP contribution is 2.18. The highest BCUT2D eigenvalue weighted by Gasteiger charge is 2.26. The smallest absolute Gasteiger partial charge is 0.324 e. The maximum atomic E-state index is 11.1. The number of nitrogens with zero attached hydrogens (tertiary/aromatic N) is 2. The molecular formula is C15H20N2O2. The van der Waals surface area contributed by atoms with Gasteiger partial charge in [-0.1, -0.05) is 18.2 Å². The molecule has 1 aromatic carbocycles. The van der Waals surface area contributed by atoms with Crippen LogP contribution < -0.4 is 4.90 Å². The summed E-state index contributed by atoms with van der Waals surface area (Å²) < 4.78 is 0. The van der Waals surface area contributed by atoms with Crippen molar-refractivity contribution in [1.29, 1.82) is 0 Å². The van der Waals surface area contributed by atoms with Crippen LogP contribution in [-0.4, -0.2) is 48.2 Å². The first-order valence-electron chi connectivity index (χ1n) is 6.53. The number of carboxylic acids is 1. The van der Waals surface area contributed by atoms with Crippen molar-refractivity contribution in [2.24, 2.45) is 0 Å². The third-order valence-corrected chi connectivity index (χ3v) is 3.55. The summed E-state index contributed by atoms with van der Waals surface area (Å²) in [6.45, 7) is 8.88. The average molecular weight is 260 g/mol. The van der Waals surface area contributed by atoms with Crippen LogP contribution in [0.25, 0.3) is 0 Å². The van der Waals surface area contributed by atoms with Crippen molar-refractivity contribution >= 4 is 11.7 Å². The maximum absolute atomic E-state index is 11.1. The molecule has 1 heterocycles. The van der Waals surface area contributed by atoms with Crippen LogP contribution in [0.5, 0.6) is 0 Å². The number of piperazine rings is 1. The molecule has 1 saturated heterocycles. The maximum Gasteiger partial charge on any atom is 0.324 e. The van der Waals surface area contributed by atoms with Crippen molar-refractivity contribution in [3.05, 3.63) is 42.5 Å². The van der Waals surface area contributed by atoms with E-state index in [0.717, 1.165) is 26.2 Å². The summed E-state index contributed by atoms with van der Waals surface area (Å²) in [7, 11) is 0. The van der Waals surface area contributed by atoms with E-state index >= 15 is 0 Å². The van der Waals surface area contributed by atoms with Crippen LogP contribution in [-0.2, 0) is 4.79 Å². The van der Waals surface area contributed by atoms with Crippen LogP contribution in [0, 0.1) is 6.92 Å². The second-order valence-electron chi connectivity index (χ2n) is 4.88. The number of benzene rings is 1. The Hall–Kier alpha value is -1.81. The normalized spacial score (nSPS) is 18.1. The Balaban J connectivity index is 1.99. The largest absolute Gasteiger partial charge is 0.480 e. The van der Waals surface area contributed by atoms with Gasteiger partial charge in [-0.05, 0) is 24.6 Å². The van der Waals surface area contributed by atoms with Crippen molar-refractivity contribution in [2.45, 2.75) is 13.0 Å². The number of hydrogen-bond acceptors (Lipinski definition) is 3. The summed E-state index contributed by atoms with van der Waals surface area (Å²) in [5.41, 5.74) is 2.46. The molecule has 2 rings (SSSR count). The monoisotopic (exact) mass is 260 g/mol. The van der Waals surface area contributed by atoms with Gasteiger partial charge in [-0.2, -0.15) is 0 Å². The molecule has 1 unspecified atom stereocenters. The molecule has 1 atom stereocenters. The molecule has 1 fully saturated rings. The fourth-order valence-corrected chi connectivity index (χ4v) is 2.49. The van der Waals surface area contributed by atoms with Crippen LogP contribution in [0.4, 0.5) is 5.69 Å². The van der Waals surface area contributed by atoms with E-state index in [1.807, 2.05) is 4.90 Å². The molecule has 0 saturated carbocycles.